The number of Topliss-reactive ketones (excluding diaryl/α,β-unsaturated/α-hetero) is 1. The van der Waals surface area contributed by atoms with Crippen molar-refractivity contribution in [3.8, 4) is 16.9 Å². The van der Waals surface area contributed by atoms with Crippen LogP contribution in [-0.4, -0.2) is 35.5 Å². The normalized spacial score (nSPS) is 10.9. The maximum absolute atomic E-state index is 11.4. The minimum Gasteiger partial charge on any atom is -0.299 e. The van der Waals surface area contributed by atoms with E-state index in [2.05, 4.69) is 29.3 Å². The monoisotopic (exact) mass is 491 g/mol. The van der Waals surface area contributed by atoms with Gasteiger partial charge in [-0.05, 0) is 38.1 Å². The second kappa shape index (κ2) is 12.2. The van der Waals surface area contributed by atoms with Gasteiger partial charge in [-0.2, -0.15) is 9.90 Å². The van der Waals surface area contributed by atoms with E-state index in [-0.39, 0.29) is 16.1 Å². The number of aromatic nitrogens is 3. The maximum atomic E-state index is 11.4. The van der Waals surface area contributed by atoms with E-state index in [0.29, 0.717) is 5.69 Å². The molecule has 35 heavy (non-hydrogen) atoms. The number of sulfone groups is 1. The van der Waals surface area contributed by atoms with Crippen LogP contribution in [0.4, 0.5) is 0 Å². The molecule has 0 saturated carbocycles. The van der Waals surface area contributed by atoms with Crippen molar-refractivity contribution >= 4 is 15.6 Å². The van der Waals surface area contributed by atoms with Crippen molar-refractivity contribution in [2.45, 2.75) is 39.5 Å². The molecule has 1 heterocycles. The SMILES string of the molecule is CC(=O)C(C)(C)C.CS(=O)(=O)c1ccc(-n2ncc(-c3ccccc3)n2)cc1.Cc1ccccc1. The average Bonchev–Trinajstić information content (AvgIpc) is 3.30. The summed E-state index contributed by atoms with van der Waals surface area (Å²) in [5.41, 5.74) is 3.64. The molecule has 0 aliphatic rings. The van der Waals surface area contributed by atoms with Crippen molar-refractivity contribution in [3.63, 3.8) is 0 Å². The third kappa shape index (κ3) is 9.29. The highest BCUT2D eigenvalue weighted by Crippen LogP contribution is 2.17. The van der Waals surface area contributed by atoms with E-state index in [1.54, 1.807) is 37.4 Å². The van der Waals surface area contributed by atoms with E-state index < -0.39 is 9.84 Å². The molecule has 184 valence electrons. The number of nitrogens with zero attached hydrogens (tertiary/aromatic N) is 3. The van der Waals surface area contributed by atoms with Crippen molar-refractivity contribution in [2.24, 2.45) is 5.41 Å². The largest absolute Gasteiger partial charge is 0.299 e. The summed E-state index contributed by atoms with van der Waals surface area (Å²) in [7, 11) is -3.19. The standard InChI is InChI=1S/C15H13N3O2S.C7H8.C6H12O/c1-21(19,20)14-9-7-13(8-10-14)18-16-11-15(17-18)12-5-3-2-4-6-12;1-7-5-3-2-4-6-7;1-5(7)6(2,3)4/h2-11H,1H3;2-6H,1H3;1-4H3. The van der Waals surface area contributed by atoms with E-state index >= 15 is 0 Å². The molecule has 1 aromatic heterocycles. The number of hydrogen-bond donors (Lipinski definition) is 0. The number of rotatable bonds is 3. The lowest BCUT2D eigenvalue weighted by atomic mass is 9.92. The first-order chi connectivity index (χ1) is 16.4. The Hall–Kier alpha value is -3.58. The first-order valence-corrected chi connectivity index (χ1v) is 13.1. The molecule has 0 aliphatic heterocycles. The Morgan fingerprint density at radius 1 is 0.829 bits per heavy atom. The Morgan fingerprint density at radius 2 is 1.31 bits per heavy atom. The first-order valence-electron chi connectivity index (χ1n) is 11.2. The van der Waals surface area contributed by atoms with Crippen LogP contribution in [-0.2, 0) is 14.6 Å². The van der Waals surface area contributed by atoms with E-state index in [4.69, 9.17) is 0 Å². The predicted molar refractivity (Wildman–Crippen MR) is 141 cm³/mol. The molecule has 0 unspecified atom stereocenters. The molecule has 0 aliphatic carbocycles. The van der Waals surface area contributed by atoms with Gasteiger partial charge in [0.15, 0.2) is 9.84 Å². The smallest absolute Gasteiger partial charge is 0.175 e. The fraction of sp³-hybridized carbons (Fsp3) is 0.250. The van der Waals surface area contributed by atoms with Gasteiger partial charge in [0.2, 0.25) is 0 Å². The van der Waals surface area contributed by atoms with Crippen molar-refractivity contribution in [2.75, 3.05) is 6.26 Å². The molecule has 6 nitrogen and oxygen atoms in total. The third-order valence-corrected chi connectivity index (χ3v) is 6.18. The van der Waals surface area contributed by atoms with Crippen LogP contribution in [0.1, 0.15) is 33.3 Å². The average molecular weight is 492 g/mol. The maximum Gasteiger partial charge on any atom is 0.175 e. The van der Waals surface area contributed by atoms with E-state index in [9.17, 15) is 13.2 Å². The highest BCUT2D eigenvalue weighted by Gasteiger charge is 2.14. The Kier molecular flexibility index (Phi) is 9.66. The van der Waals surface area contributed by atoms with E-state index in [0.717, 1.165) is 11.3 Å². The Balaban J connectivity index is 0.000000253. The topological polar surface area (TPSA) is 81.9 Å². The fourth-order valence-corrected chi connectivity index (χ4v) is 3.12. The molecule has 4 rings (SSSR count). The zero-order valence-electron chi connectivity index (χ0n) is 21.1. The van der Waals surface area contributed by atoms with E-state index in [1.807, 2.05) is 69.3 Å². The van der Waals surface area contributed by atoms with Crippen LogP contribution < -0.4 is 0 Å². The van der Waals surface area contributed by atoms with Crippen molar-refractivity contribution in [1.82, 2.24) is 15.0 Å². The highest BCUT2D eigenvalue weighted by atomic mass is 32.2. The number of carbonyl (C=O) groups excluding carboxylic acids is 1. The van der Waals surface area contributed by atoms with Gasteiger partial charge in [-0.15, -0.1) is 5.10 Å². The zero-order chi connectivity index (χ0) is 26.1. The molecule has 0 saturated heterocycles. The summed E-state index contributed by atoms with van der Waals surface area (Å²) in [6.45, 7) is 9.43. The lowest BCUT2D eigenvalue weighted by molar-refractivity contribution is -0.124. The first kappa shape index (κ1) is 27.7. The molecule has 0 bridgehead atoms. The number of ketones is 1. The number of benzene rings is 3. The van der Waals surface area contributed by atoms with Gasteiger partial charge in [-0.3, -0.25) is 4.79 Å². The third-order valence-electron chi connectivity index (χ3n) is 5.05. The van der Waals surface area contributed by atoms with Crippen molar-refractivity contribution in [3.05, 3.63) is 96.7 Å². The Labute approximate surface area is 208 Å². The van der Waals surface area contributed by atoms with Gasteiger partial charge in [-0.1, -0.05) is 87.0 Å². The minimum absolute atomic E-state index is 0.139. The lowest BCUT2D eigenvalue weighted by Crippen LogP contribution is -2.15. The quantitative estimate of drug-likeness (QED) is 0.353. The van der Waals surface area contributed by atoms with E-state index in [1.165, 1.54) is 16.6 Å². The predicted octanol–water partition coefficient (Wildman–Crippen LogP) is 5.95. The summed E-state index contributed by atoms with van der Waals surface area (Å²) in [6.07, 6.45) is 2.86. The molecule has 3 aromatic carbocycles. The molecule has 0 radical (unpaired) electrons. The molecule has 0 N–H and O–H groups in total. The van der Waals surface area contributed by atoms with Crippen LogP contribution in [0.15, 0.2) is 96.0 Å². The number of hydrogen-bond acceptors (Lipinski definition) is 5. The minimum atomic E-state index is -3.19. The summed E-state index contributed by atoms with van der Waals surface area (Å²) in [4.78, 5) is 12.2. The van der Waals surface area contributed by atoms with Gasteiger partial charge < -0.3 is 0 Å². The summed E-state index contributed by atoms with van der Waals surface area (Å²) in [5, 5.41) is 8.61. The molecule has 0 amide bonds. The van der Waals surface area contributed by atoms with Gasteiger partial charge >= 0.3 is 0 Å². The van der Waals surface area contributed by atoms with Gasteiger partial charge in [-0.25, -0.2) is 8.42 Å². The molecular weight excluding hydrogens is 458 g/mol. The number of aryl methyl sites for hydroxylation is 1. The molecule has 7 heteroatoms. The van der Waals surface area contributed by atoms with Crippen molar-refractivity contribution in [1.29, 1.82) is 0 Å². The van der Waals surface area contributed by atoms with Gasteiger partial charge in [0, 0.05) is 17.2 Å². The molecule has 0 spiro atoms. The highest BCUT2D eigenvalue weighted by molar-refractivity contribution is 7.90. The van der Waals surface area contributed by atoms with Crippen LogP contribution in [0, 0.1) is 12.3 Å². The summed E-state index contributed by atoms with van der Waals surface area (Å²) in [6, 6.07) is 26.5. The van der Waals surface area contributed by atoms with Crippen LogP contribution in [0.3, 0.4) is 0 Å². The molecule has 0 atom stereocenters. The molecular formula is C28H33N3O3S. The lowest BCUT2D eigenvalue weighted by Gasteiger charge is -2.11. The van der Waals surface area contributed by atoms with Crippen LogP contribution in [0.5, 0.6) is 0 Å². The molecule has 0 fully saturated rings. The van der Waals surface area contributed by atoms with Crippen LogP contribution >= 0.6 is 0 Å². The second-order valence-electron chi connectivity index (χ2n) is 9.11. The van der Waals surface area contributed by atoms with Gasteiger partial charge in [0.25, 0.3) is 0 Å². The fourth-order valence-electron chi connectivity index (χ4n) is 2.49. The zero-order valence-corrected chi connectivity index (χ0v) is 22.0. The Bertz CT molecular complexity index is 1310. The summed E-state index contributed by atoms with van der Waals surface area (Å²) >= 11 is 0. The summed E-state index contributed by atoms with van der Waals surface area (Å²) in [5.74, 6) is 0.243. The second-order valence-corrected chi connectivity index (χ2v) is 11.1. The van der Waals surface area contributed by atoms with Gasteiger partial charge in [0.05, 0.1) is 16.8 Å². The number of carbonyl (C=O) groups is 1. The van der Waals surface area contributed by atoms with Crippen LogP contribution in [0.25, 0.3) is 16.9 Å². The molecule has 4 aromatic rings. The van der Waals surface area contributed by atoms with Crippen LogP contribution in [0.2, 0.25) is 0 Å². The summed E-state index contributed by atoms with van der Waals surface area (Å²) < 4.78 is 22.9. The Morgan fingerprint density at radius 3 is 1.71 bits per heavy atom. The van der Waals surface area contributed by atoms with Gasteiger partial charge in [0.1, 0.15) is 11.5 Å². The van der Waals surface area contributed by atoms with Crippen molar-refractivity contribution < 1.29 is 13.2 Å².